The Morgan fingerprint density at radius 1 is 1.30 bits per heavy atom. The van der Waals surface area contributed by atoms with Gasteiger partial charge in [-0.25, -0.2) is 0 Å². The number of aryl methyl sites for hydroxylation is 1. The quantitative estimate of drug-likeness (QED) is 0.505. The number of sulfonamides is 1. The molecular weight excluding hydrogens is 420 g/mol. The maximum atomic E-state index is 12.2. The topological polar surface area (TPSA) is 58.5 Å². The molecule has 1 heterocycles. The molecule has 0 amide bonds. The van der Waals surface area contributed by atoms with Gasteiger partial charge < -0.3 is 0 Å². The van der Waals surface area contributed by atoms with E-state index in [1.54, 1.807) is 12.1 Å². The molecule has 1 aromatic carbocycles. The van der Waals surface area contributed by atoms with Crippen LogP contribution in [0, 0.1) is 0 Å². The third-order valence-corrected chi connectivity index (χ3v) is 6.58. The molecule has 0 spiro atoms. The molecule has 2 rings (SSSR count). The number of hydrogen-bond donors (Lipinski definition) is 1. The van der Waals surface area contributed by atoms with E-state index in [4.69, 9.17) is 11.6 Å². The summed E-state index contributed by atoms with van der Waals surface area (Å²) in [6.45, 7) is 2.12. The number of hydrazone groups is 1. The third-order valence-electron chi connectivity index (χ3n) is 3.12. The normalized spacial score (nSPS) is 12.4. The zero-order valence-corrected chi connectivity index (χ0v) is 16.4. The number of hydrogen-bond acceptors (Lipinski definition) is 4. The van der Waals surface area contributed by atoms with Gasteiger partial charge in [0.1, 0.15) is 0 Å². The average molecular weight is 436 g/mol. The van der Waals surface area contributed by atoms with Crippen LogP contribution in [0.5, 0.6) is 0 Å². The Balaban J connectivity index is 2.11. The highest BCUT2D eigenvalue weighted by molar-refractivity contribution is 9.10. The Labute approximate surface area is 153 Å². The van der Waals surface area contributed by atoms with Crippen molar-refractivity contribution in [2.75, 3.05) is 0 Å². The van der Waals surface area contributed by atoms with Crippen LogP contribution < -0.4 is 4.83 Å². The van der Waals surface area contributed by atoms with Crippen LogP contribution in [-0.2, 0) is 16.4 Å². The molecule has 0 radical (unpaired) electrons. The molecule has 1 N–H and O–H groups in total. The van der Waals surface area contributed by atoms with Gasteiger partial charge in [-0.1, -0.05) is 37.1 Å². The maximum Gasteiger partial charge on any atom is 0.276 e. The Hall–Kier alpha value is -0.890. The second kappa shape index (κ2) is 8.28. The van der Waals surface area contributed by atoms with E-state index in [2.05, 4.69) is 32.8 Å². The first-order valence-electron chi connectivity index (χ1n) is 7.01. The summed E-state index contributed by atoms with van der Waals surface area (Å²) in [5.74, 6) is 0. The van der Waals surface area contributed by atoms with Gasteiger partial charge in [-0.3, -0.25) is 0 Å². The van der Waals surface area contributed by atoms with Gasteiger partial charge in [-0.05, 0) is 57.9 Å². The van der Waals surface area contributed by atoms with Crippen molar-refractivity contribution in [3.8, 4) is 0 Å². The lowest BCUT2D eigenvalue weighted by Gasteiger charge is -2.05. The van der Waals surface area contributed by atoms with Crippen molar-refractivity contribution >= 4 is 54.1 Å². The number of benzene rings is 1. The fourth-order valence-corrected chi connectivity index (χ4v) is 4.55. The third kappa shape index (κ3) is 5.04. The van der Waals surface area contributed by atoms with Crippen molar-refractivity contribution in [1.82, 2.24) is 4.83 Å². The van der Waals surface area contributed by atoms with E-state index in [0.29, 0.717) is 4.88 Å². The highest BCUT2D eigenvalue weighted by Gasteiger charge is 2.14. The van der Waals surface area contributed by atoms with E-state index in [1.807, 2.05) is 23.6 Å². The Morgan fingerprint density at radius 2 is 2.00 bits per heavy atom. The van der Waals surface area contributed by atoms with Crippen LogP contribution in [0.15, 0.2) is 50.2 Å². The van der Waals surface area contributed by atoms with Gasteiger partial charge in [-0.2, -0.15) is 18.4 Å². The molecule has 8 heteroatoms. The summed E-state index contributed by atoms with van der Waals surface area (Å²) >= 11 is 10.7. The summed E-state index contributed by atoms with van der Waals surface area (Å²) in [6.07, 6.45) is 3.13. The molecule has 2 aromatic rings. The van der Waals surface area contributed by atoms with Gasteiger partial charge in [0.2, 0.25) is 0 Å². The zero-order chi connectivity index (χ0) is 16.9. The predicted molar refractivity (Wildman–Crippen MR) is 99.8 cm³/mol. The molecule has 0 saturated heterocycles. The molecule has 0 aliphatic heterocycles. The number of halogens is 2. The van der Waals surface area contributed by atoms with Gasteiger partial charge in [-0.15, -0.1) is 11.3 Å². The zero-order valence-electron chi connectivity index (χ0n) is 12.4. The molecule has 23 heavy (non-hydrogen) atoms. The molecule has 124 valence electrons. The van der Waals surface area contributed by atoms with Crippen molar-refractivity contribution in [3.05, 3.63) is 50.6 Å². The lowest BCUT2D eigenvalue weighted by Crippen LogP contribution is -2.19. The van der Waals surface area contributed by atoms with Crippen molar-refractivity contribution in [1.29, 1.82) is 0 Å². The van der Waals surface area contributed by atoms with Crippen LogP contribution in [0.2, 0.25) is 0 Å². The molecule has 0 saturated carbocycles. The Morgan fingerprint density at radius 3 is 2.57 bits per heavy atom. The number of nitrogens with one attached hydrogen (secondary N) is 1. The van der Waals surface area contributed by atoms with E-state index < -0.39 is 10.0 Å². The van der Waals surface area contributed by atoms with Gasteiger partial charge in [0.05, 0.1) is 9.77 Å². The SMILES string of the molecule is CCCCc1ccc(S(=O)(=O)N/N=C(\Cl)c2sccc2Br)cc1. The number of rotatable bonds is 7. The van der Waals surface area contributed by atoms with Gasteiger partial charge in [0.25, 0.3) is 10.0 Å². The van der Waals surface area contributed by atoms with Crippen LogP contribution in [0.3, 0.4) is 0 Å². The number of nitrogens with zero attached hydrogens (tertiary/aromatic N) is 1. The fourth-order valence-electron chi connectivity index (χ4n) is 1.86. The van der Waals surface area contributed by atoms with Crippen molar-refractivity contribution in [3.63, 3.8) is 0 Å². The average Bonchev–Trinajstić information content (AvgIpc) is 2.97. The second-order valence-corrected chi connectivity index (χ2v) is 8.63. The lowest BCUT2D eigenvalue weighted by molar-refractivity contribution is 0.584. The standard InChI is InChI=1S/C15H16BrClN2O2S2/c1-2-3-4-11-5-7-12(8-6-11)23(20,21)19-18-15(17)14-13(16)9-10-22-14/h5-10,19H,2-4H2,1H3/b18-15-. The van der Waals surface area contributed by atoms with E-state index in [9.17, 15) is 8.42 Å². The first kappa shape index (κ1) is 18.4. The van der Waals surface area contributed by atoms with Crippen LogP contribution in [0.25, 0.3) is 0 Å². The monoisotopic (exact) mass is 434 g/mol. The Bertz CT molecular complexity index is 786. The minimum Gasteiger partial charge on any atom is -0.200 e. The van der Waals surface area contributed by atoms with Gasteiger partial charge >= 0.3 is 0 Å². The van der Waals surface area contributed by atoms with E-state index in [-0.39, 0.29) is 10.1 Å². The summed E-state index contributed by atoms with van der Waals surface area (Å²) in [6, 6.07) is 8.63. The molecule has 4 nitrogen and oxygen atoms in total. The lowest BCUT2D eigenvalue weighted by atomic mass is 10.1. The first-order chi connectivity index (χ1) is 10.9. The molecule has 0 atom stereocenters. The van der Waals surface area contributed by atoms with Crippen LogP contribution in [0.4, 0.5) is 0 Å². The Kier molecular flexibility index (Phi) is 6.64. The summed E-state index contributed by atoms with van der Waals surface area (Å²) < 4.78 is 25.2. The minimum atomic E-state index is -3.73. The summed E-state index contributed by atoms with van der Waals surface area (Å²) in [5.41, 5.74) is 1.12. The molecular formula is C15H16BrClN2O2S2. The highest BCUT2D eigenvalue weighted by atomic mass is 79.9. The number of thiophene rings is 1. The number of unbranched alkanes of at least 4 members (excludes halogenated alkanes) is 1. The van der Waals surface area contributed by atoms with Crippen LogP contribution in [-0.4, -0.2) is 13.6 Å². The fraction of sp³-hybridized carbons (Fsp3) is 0.267. The maximum absolute atomic E-state index is 12.2. The molecule has 0 fully saturated rings. The second-order valence-electron chi connectivity index (χ2n) is 4.84. The van der Waals surface area contributed by atoms with E-state index in [0.717, 1.165) is 29.3 Å². The largest absolute Gasteiger partial charge is 0.276 e. The molecule has 0 aliphatic carbocycles. The highest BCUT2D eigenvalue weighted by Crippen LogP contribution is 2.24. The molecule has 0 unspecified atom stereocenters. The summed E-state index contributed by atoms with van der Waals surface area (Å²) in [4.78, 5) is 3.00. The summed E-state index contributed by atoms with van der Waals surface area (Å²) in [7, 11) is -3.73. The van der Waals surface area contributed by atoms with Crippen LogP contribution in [0.1, 0.15) is 30.2 Å². The molecule has 0 bridgehead atoms. The van der Waals surface area contributed by atoms with Crippen LogP contribution >= 0.6 is 38.9 Å². The minimum absolute atomic E-state index is 0.0926. The smallest absolute Gasteiger partial charge is 0.200 e. The van der Waals surface area contributed by atoms with Crippen molar-refractivity contribution in [2.45, 2.75) is 31.1 Å². The predicted octanol–water partition coefficient (Wildman–Crippen LogP) is 4.73. The molecule has 0 aliphatic rings. The van der Waals surface area contributed by atoms with Gasteiger partial charge in [0, 0.05) is 4.47 Å². The van der Waals surface area contributed by atoms with Crippen molar-refractivity contribution in [2.24, 2.45) is 5.10 Å². The first-order valence-corrected chi connectivity index (χ1v) is 10.5. The summed E-state index contributed by atoms with van der Waals surface area (Å²) in [5, 5.41) is 5.70. The molecule has 1 aromatic heterocycles. The van der Waals surface area contributed by atoms with Gasteiger partial charge in [0.15, 0.2) is 5.17 Å². The van der Waals surface area contributed by atoms with Crippen molar-refractivity contribution < 1.29 is 8.42 Å². The van der Waals surface area contributed by atoms with E-state index in [1.165, 1.54) is 11.3 Å². The van der Waals surface area contributed by atoms with E-state index >= 15 is 0 Å².